The summed E-state index contributed by atoms with van der Waals surface area (Å²) in [5, 5.41) is 2.21. The van der Waals surface area contributed by atoms with Crippen LogP contribution in [-0.2, 0) is 16.1 Å². The number of carbonyl (C=O) groups is 4. The topological polar surface area (TPSA) is 113 Å². The fourth-order valence-electron chi connectivity index (χ4n) is 4.02. The Labute approximate surface area is 173 Å². The average molecular weight is 406 g/mol. The first-order valence-electron chi connectivity index (χ1n) is 9.84. The van der Waals surface area contributed by atoms with Gasteiger partial charge in [0.15, 0.2) is 0 Å². The number of nitrogens with one attached hydrogen (secondary N) is 1. The number of amides is 4. The Kier molecular flexibility index (Phi) is 5.33. The minimum Gasteiger partial charge on any atom is -0.366 e. The quantitative estimate of drug-likeness (QED) is 0.694. The van der Waals surface area contributed by atoms with E-state index in [1.165, 1.54) is 0 Å². The van der Waals surface area contributed by atoms with E-state index in [2.05, 4.69) is 5.32 Å². The number of nitrogens with two attached hydrogens (primary N) is 1. The molecule has 8 heteroatoms. The third-order valence-electron chi connectivity index (χ3n) is 5.44. The SMILES string of the molecule is NCCN(Cc1cccc2c1C(=O)N(C1CCC(=O)NC1=O)C2=O)c1ccccc1. The van der Waals surface area contributed by atoms with Gasteiger partial charge in [-0.1, -0.05) is 30.3 Å². The molecule has 4 rings (SSSR count). The summed E-state index contributed by atoms with van der Waals surface area (Å²) in [6.45, 7) is 1.40. The normalized spacial score (nSPS) is 18.4. The Morgan fingerprint density at radius 3 is 2.47 bits per heavy atom. The fourth-order valence-corrected chi connectivity index (χ4v) is 4.02. The van der Waals surface area contributed by atoms with Gasteiger partial charge < -0.3 is 10.6 Å². The monoisotopic (exact) mass is 406 g/mol. The smallest absolute Gasteiger partial charge is 0.262 e. The largest absolute Gasteiger partial charge is 0.366 e. The van der Waals surface area contributed by atoms with Gasteiger partial charge in [0.25, 0.3) is 11.8 Å². The lowest BCUT2D eigenvalue weighted by atomic mass is 10.0. The Morgan fingerprint density at radius 2 is 1.77 bits per heavy atom. The van der Waals surface area contributed by atoms with E-state index in [1.54, 1.807) is 12.1 Å². The molecule has 4 amide bonds. The molecule has 8 nitrogen and oxygen atoms in total. The summed E-state index contributed by atoms with van der Waals surface area (Å²) in [5.41, 5.74) is 8.03. The van der Waals surface area contributed by atoms with Gasteiger partial charge in [-0.2, -0.15) is 0 Å². The lowest BCUT2D eigenvalue weighted by molar-refractivity contribution is -0.136. The molecule has 3 N–H and O–H groups in total. The maximum atomic E-state index is 13.2. The Morgan fingerprint density at radius 1 is 1.00 bits per heavy atom. The molecule has 1 saturated heterocycles. The molecule has 2 aromatic carbocycles. The third-order valence-corrected chi connectivity index (χ3v) is 5.44. The second-order valence-electron chi connectivity index (χ2n) is 7.33. The molecule has 0 aromatic heterocycles. The van der Waals surface area contributed by atoms with E-state index in [4.69, 9.17) is 5.73 Å². The van der Waals surface area contributed by atoms with E-state index >= 15 is 0 Å². The molecule has 154 valence electrons. The van der Waals surface area contributed by atoms with Crippen LogP contribution >= 0.6 is 0 Å². The van der Waals surface area contributed by atoms with Gasteiger partial charge in [0.1, 0.15) is 6.04 Å². The number of fused-ring (bicyclic) bond motifs is 1. The second kappa shape index (κ2) is 8.08. The van der Waals surface area contributed by atoms with Crippen LogP contribution in [0.5, 0.6) is 0 Å². The summed E-state index contributed by atoms with van der Waals surface area (Å²) in [4.78, 5) is 53.0. The summed E-state index contributed by atoms with van der Waals surface area (Å²) in [6, 6.07) is 13.9. The molecular weight excluding hydrogens is 384 g/mol. The van der Waals surface area contributed by atoms with Crippen molar-refractivity contribution in [1.29, 1.82) is 0 Å². The van der Waals surface area contributed by atoms with Crippen LogP contribution < -0.4 is 16.0 Å². The highest BCUT2D eigenvalue weighted by Gasteiger charge is 2.45. The van der Waals surface area contributed by atoms with E-state index in [0.29, 0.717) is 30.8 Å². The van der Waals surface area contributed by atoms with Crippen molar-refractivity contribution in [2.75, 3.05) is 18.0 Å². The van der Waals surface area contributed by atoms with Crippen molar-refractivity contribution >= 4 is 29.3 Å². The van der Waals surface area contributed by atoms with Crippen molar-refractivity contribution in [3.05, 3.63) is 65.2 Å². The van der Waals surface area contributed by atoms with E-state index in [-0.39, 0.29) is 18.4 Å². The molecule has 0 aliphatic carbocycles. The first-order valence-corrected chi connectivity index (χ1v) is 9.84. The predicted molar refractivity (Wildman–Crippen MR) is 110 cm³/mol. The molecular formula is C22H22N4O4. The van der Waals surface area contributed by atoms with Gasteiger partial charge in [-0.25, -0.2) is 0 Å². The lowest BCUT2D eigenvalue weighted by Crippen LogP contribution is -2.54. The van der Waals surface area contributed by atoms with E-state index in [9.17, 15) is 19.2 Å². The molecule has 0 saturated carbocycles. The van der Waals surface area contributed by atoms with Gasteiger partial charge in [0.05, 0.1) is 11.1 Å². The Balaban J connectivity index is 1.66. The molecule has 2 aliphatic rings. The van der Waals surface area contributed by atoms with Crippen molar-refractivity contribution in [1.82, 2.24) is 10.2 Å². The molecule has 0 radical (unpaired) electrons. The number of nitrogens with zero attached hydrogens (tertiary/aromatic N) is 2. The fraction of sp³-hybridized carbons (Fsp3) is 0.273. The zero-order valence-corrected chi connectivity index (χ0v) is 16.3. The van der Waals surface area contributed by atoms with Crippen molar-refractivity contribution in [3.63, 3.8) is 0 Å². The molecule has 2 heterocycles. The number of benzene rings is 2. The standard InChI is InChI=1S/C22H22N4O4/c23-11-12-25(15-6-2-1-3-7-15)13-14-5-4-8-16-19(14)22(30)26(21(16)29)17-9-10-18(27)24-20(17)28/h1-8,17H,9-13,23H2,(H,24,27,28). The van der Waals surface area contributed by atoms with Crippen LogP contribution in [0.15, 0.2) is 48.5 Å². The van der Waals surface area contributed by atoms with Crippen LogP contribution in [0.2, 0.25) is 0 Å². The number of piperidine rings is 1. The van der Waals surface area contributed by atoms with E-state index < -0.39 is 29.7 Å². The third kappa shape index (κ3) is 3.46. The molecule has 0 spiro atoms. The van der Waals surface area contributed by atoms with Gasteiger partial charge in [0.2, 0.25) is 11.8 Å². The van der Waals surface area contributed by atoms with Crippen molar-refractivity contribution in [3.8, 4) is 0 Å². The number of hydrogen-bond acceptors (Lipinski definition) is 6. The first-order chi connectivity index (χ1) is 14.5. The van der Waals surface area contributed by atoms with Crippen molar-refractivity contribution in [2.45, 2.75) is 25.4 Å². The number of imide groups is 2. The predicted octanol–water partition coefficient (Wildman–Crippen LogP) is 1.05. The minimum atomic E-state index is -0.975. The van der Waals surface area contributed by atoms with Crippen LogP contribution in [0.25, 0.3) is 0 Å². The van der Waals surface area contributed by atoms with Crippen molar-refractivity contribution < 1.29 is 19.2 Å². The minimum absolute atomic E-state index is 0.0922. The van der Waals surface area contributed by atoms with Gasteiger partial charge in [-0.15, -0.1) is 0 Å². The molecule has 2 aliphatic heterocycles. The summed E-state index contributed by atoms with van der Waals surface area (Å²) in [7, 11) is 0. The van der Waals surface area contributed by atoms with Crippen molar-refractivity contribution in [2.24, 2.45) is 5.73 Å². The number of para-hydroxylation sites is 1. The summed E-state index contributed by atoms with van der Waals surface area (Å²) in [5.74, 6) is -2.01. The molecule has 1 atom stereocenters. The highest BCUT2D eigenvalue weighted by atomic mass is 16.2. The molecule has 1 fully saturated rings. The summed E-state index contributed by atoms with van der Waals surface area (Å²) >= 11 is 0. The second-order valence-corrected chi connectivity index (χ2v) is 7.33. The Hall–Kier alpha value is -3.52. The highest BCUT2D eigenvalue weighted by molar-refractivity contribution is 6.24. The lowest BCUT2D eigenvalue weighted by Gasteiger charge is -2.28. The van der Waals surface area contributed by atoms with E-state index in [1.807, 2.05) is 41.3 Å². The molecule has 2 aromatic rings. The maximum absolute atomic E-state index is 13.2. The van der Waals surface area contributed by atoms with Gasteiger partial charge in [-0.05, 0) is 30.2 Å². The van der Waals surface area contributed by atoms with Crippen LogP contribution in [0, 0.1) is 0 Å². The summed E-state index contributed by atoms with van der Waals surface area (Å²) in [6.07, 6.45) is 0.226. The highest BCUT2D eigenvalue weighted by Crippen LogP contribution is 2.31. The molecule has 0 bridgehead atoms. The van der Waals surface area contributed by atoms with Crippen LogP contribution in [0.4, 0.5) is 5.69 Å². The van der Waals surface area contributed by atoms with Gasteiger partial charge >= 0.3 is 0 Å². The number of carbonyl (C=O) groups excluding carboxylic acids is 4. The molecule has 1 unspecified atom stereocenters. The van der Waals surface area contributed by atoms with E-state index in [0.717, 1.165) is 10.6 Å². The maximum Gasteiger partial charge on any atom is 0.262 e. The zero-order valence-electron chi connectivity index (χ0n) is 16.3. The van der Waals surface area contributed by atoms with Crippen LogP contribution in [-0.4, -0.2) is 47.7 Å². The van der Waals surface area contributed by atoms with Crippen LogP contribution in [0.1, 0.15) is 39.1 Å². The Bertz CT molecular complexity index is 1020. The number of hydrogen-bond donors (Lipinski definition) is 2. The van der Waals surface area contributed by atoms with Gasteiger partial charge in [-0.3, -0.25) is 29.4 Å². The molecule has 30 heavy (non-hydrogen) atoms. The zero-order chi connectivity index (χ0) is 21.3. The van der Waals surface area contributed by atoms with Gasteiger partial charge in [0, 0.05) is 31.7 Å². The summed E-state index contributed by atoms with van der Waals surface area (Å²) < 4.78 is 0. The first kappa shape index (κ1) is 19.8. The average Bonchev–Trinajstić information content (AvgIpc) is 3.00. The number of anilines is 1. The van der Waals surface area contributed by atoms with Crippen LogP contribution in [0.3, 0.4) is 0 Å². The number of rotatable bonds is 6.